The molecule has 0 bridgehead atoms. The Hall–Kier alpha value is -2.53. The van der Waals surface area contributed by atoms with Gasteiger partial charge in [0.1, 0.15) is 12.4 Å². The first kappa shape index (κ1) is 18.8. The first-order valence-corrected chi connectivity index (χ1v) is 8.41. The molecule has 0 aliphatic rings. The van der Waals surface area contributed by atoms with Crippen molar-refractivity contribution in [2.24, 2.45) is 0 Å². The van der Waals surface area contributed by atoms with E-state index in [9.17, 15) is 9.59 Å². The highest BCUT2D eigenvalue weighted by molar-refractivity contribution is 6.30. The molecule has 0 fully saturated rings. The minimum Gasteiger partial charge on any atom is -0.492 e. The lowest BCUT2D eigenvalue weighted by Gasteiger charge is -2.18. The summed E-state index contributed by atoms with van der Waals surface area (Å²) >= 11 is 5.82. The topological polar surface area (TPSA) is 58.6 Å². The van der Waals surface area contributed by atoms with E-state index < -0.39 is 0 Å². The number of rotatable bonds is 7. The number of ether oxygens (including phenoxy) is 1. The zero-order valence-electron chi connectivity index (χ0n) is 14.3. The highest BCUT2D eigenvalue weighted by atomic mass is 35.5. The van der Waals surface area contributed by atoms with Gasteiger partial charge in [0, 0.05) is 29.7 Å². The van der Waals surface area contributed by atoms with E-state index in [0.717, 1.165) is 0 Å². The van der Waals surface area contributed by atoms with Gasteiger partial charge in [-0.15, -0.1) is 0 Å². The van der Waals surface area contributed by atoms with Crippen LogP contribution >= 0.6 is 11.6 Å². The molecule has 2 amide bonds. The van der Waals surface area contributed by atoms with Crippen LogP contribution in [0.4, 0.5) is 5.69 Å². The smallest absolute Gasteiger partial charge is 0.253 e. The van der Waals surface area contributed by atoms with E-state index in [-0.39, 0.29) is 11.8 Å². The predicted octanol–water partition coefficient (Wildman–Crippen LogP) is 3.84. The highest BCUT2D eigenvalue weighted by Crippen LogP contribution is 2.16. The molecule has 0 aliphatic heterocycles. The maximum absolute atomic E-state index is 12.5. The molecule has 0 spiro atoms. The van der Waals surface area contributed by atoms with Gasteiger partial charge in [-0.3, -0.25) is 9.59 Å². The van der Waals surface area contributed by atoms with E-state index in [1.165, 1.54) is 0 Å². The average Bonchev–Trinajstić information content (AvgIpc) is 2.62. The summed E-state index contributed by atoms with van der Waals surface area (Å²) in [7, 11) is 1.71. The molecule has 0 unspecified atom stereocenters. The molecule has 132 valence electrons. The lowest BCUT2D eigenvalue weighted by molar-refractivity contribution is -0.115. The van der Waals surface area contributed by atoms with E-state index in [2.05, 4.69) is 5.32 Å². The summed E-state index contributed by atoms with van der Waals surface area (Å²) in [4.78, 5) is 25.5. The average molecular weight is 361 g/mol. The first-order chi connectivity index (χ1) is 12.0. The largest absolute Gasteiger partial charge is 0.492 e. The van der Waals surface area contributed by atoms with E-state index in [4.69, 9.17) is 16.3 Å². The summed E-state index contributed by atoms with van der Waals surface area (Å²) in [5.41, 5.74) is 1.13. The van der Waals surface area contributed by atoms with E-state index in [1.807, 2.05) is 0 Å². The maximum atomic E-state index is 12.5. The number of halogens is 1. The molecule has 5 nitrogen and oxygen atoms in total. The molecule has 25 heavy (non-hydrogen) atoms. The number of anilines is 1. The molecular formula is C19H21ClN2O3. The lowest BCUT2D eigenvalue weighted by Crippen LogP contribution is -2.30. The molecular weight excluding hydrogens is 340 g/mol. The van der Waals surface area contributed by atoms with Gasteiger partial charge in [-0.05, 0) is 42.5 Å². The molecule has 0 saturated heterocycles. The van der Waals surface area contributed by atoms with Crippen molar-refractivity contribution in [2.75, 3.05) is 25.5 Å². The molecule has 2 rings (SSSR count). The van der Waals surface area contributed by atoms with Gasteiger partial charge >= 0.3 is 0 Å². The van der Waals surface area contributed by atoms with Crippen LogP contribution in [0.2, 0.25) is 5.02 Å². The van der Waals surface area contributed by atoms with Crippen molar-refractivity contribution >= 4 is 29.1 Å². The zero-order valence-corrected chi connectivity index (χ0v) is 15.0. The number of hydrogen-bond donors (Lipinski definition) is 1. The molecule has 2 aromatic rings. The van der Waals surface area contributed by atoms with Crippen LogP contribution in [0.5, 0.6) is 5.75 Å². The second-order valence-corrected chi connectivity index (χ2v) is 5.95. The van der Waals surface area contributed by atoms with Gasteiger partial charge in [0.05, 0.1) is 6.54 Å². The molecule has 0 aliphatic carbocycles. The molecule has 0 saturated carbocycles. The van der Waals surface area contributed by atoms with E-state index >= 15 is 0 Å². The first-order valence-electron chi connectivity index (χ1n) is 8.03. The van der Waals surface area contributed by atoms with Crippen molar-refractivity contribution in [3.63, 3.8) is 0 Å². The third-order valence-corrected chi connectivity index (χ3v) is 3.82. The Morgan fingerprint density at radius 3 is 2.56 bits per heavy atom. The fourth-order valence-corrected chi connectivity index (χ4v) is 2.26. The second kappa shape index (κ2) is 9.08. The number of amides is 2. The Bertz CT molecular complexity index is 732. The van der Waals surface area contributed by atoms with Crippen LogP contribution in [-0.4, -0.2) is 36.9 Å². The van der Waals surface area contributed by atoms with Gasteiger partial charge in [-0.1, -0.05) is 24.6 Å². The fraction of sp³-hybridized carbons (Fsp3) is 0.263. The number of nitrogens with one attached hydrogen (secondary N) is 1. The highest BCUT2D eigenvalue weighted by Gasteiger charge is 2.12. The quantitative estimate of drug-likeness (QED) is 0.816. The van der Waals surface area contributed by atoms with E-state index in [0.29, 0.717) is 41.6 Å². The fourth-order valence-electron chi connectivity index (χ4n) is 2.13. The number of hydrogen-bond acceptors (Lipinski definition) is 3. The van der Waals surface area contributed by atoms with Crippen LogP contribution < -0.4 is 10.1 Å². The molecule has 0 aromatic heterocycles. The number of carbonyl (C=O) groups excluding carboxylic acids is 2. The van der Waals surface area contributed by atoms with Crippen molar-refractivity contribution in [1.29, 1.82) is 0 Å². The van der Waals surface area contributed by atoms with Gasteiger partial charge in [0.25, 0.3) is 5.91 Å². The Morgan fingerprint density at radius 1 is 1.16 bits per heavy atom. The van der Waals surface area contributed by atoms with Crippen molar-refractivity contribution in [1.82, 2.24) is 4.90 Å². The molecule has 0 atom stereocenters. The van der Waals surface area contributed by atoms with Crippen molar-refractivity contribution in [3.8, 4) is 5.75 Å². The number of carbonyl (C=O) groups is 2. The Kier molecular flexibility index (Phi) is 6.83. The summed E-state index contributed by atoms with van der Waals surface area (Å²) in [6.45, 7) is 2.59. The molecule has 0 radical (unpaired) electrons. The molecule has 1 N–H and O–H groups in total. The molecule has 6 heteroatoms. The monoisotopic (exact) mass is 360 g/mol. The molecule has 2 aromatic carbocycles. The Balaban J connectivity index is 1.89. The third kappa shape index (κ3) is 5.80. The summed E-state index contributed by atoms with van der Waals surface area (Å²) in [6, 6.07) is 14.0. The van der Waals surface area contributed by atoms with Crippen LogP contribution in [-0.2, 0) is 4.79 Å². The van der Waals surface area contributed by atoms with Crippen molar-refractivity contribution in [3.05, 3.63) is 59.1 Å². The van der Waals surface area contributed by atoms with Crippen LogP contribution in [0, 0.1) is 0 Å². The Morgan fingerprint density at radius 2 is 1.88 bits per heavy atom. The minimum atomic E-state index is -0.132. The minimum absolute atomic E-state index is 0.0886. The summed E-state index contributed by atoms with van der Waals surface area (Å²) in [5.74, 6) is 0.483. The van der Waals surface area contributed by atoms with Gasteiger partial charge in [-0.2, -0.15) is 0 Å². The number of benzene rings is 2. The standard InChI is InChI=1S/C19H21ClN2O3/c1-3-18(23)21-16-6-4-5-14(13-16)19(24)22(2)11-12-25-17-9-7-15(20)8-10-17/h4-10,13H,3,11-12H2,1-2H3,(H,21,23). The third-order valence-electron chi connectivity index (χ3n) is 3.57. The van der Waals surface area contributed by atoms with Gasteiger partial charge < -0.3 is 15.0 Å². The number of likely N-dealkylation sites (N-methyl/N-ethyl adjacent to an activating group) is 1. The van der Waals surface area contributed by atoms with Crippen LogP contribution in [0.3, 0.4) is 0 Å². The summed E-state index contributed by atoms with van der Waals surface area (Å²) < 4.78 is 5.60. The van der Waals surface area contributed by atoms with Crippen LogP contribution in [0.25, 0.3) is 0 Å². The second-order valence-electron chi connectivity index (χ2n) is 5.51. The van der Waals surface area contributed by atoms with Gasteiger partial charge in [-0.25, -0.2) is 0 Å². The van der Waals surface area contributed by atoms with Gasteiger partial charge in [0.2, 0.25) is 5.91 Å². The SMILES string of the molecule is CCC(=O)Nc1cccc(C(=O)N(C)CCOc2ccc(Cl)cc2)c1. The summed E-state index contributed by atoms with van der Waals surface area (Å²) in [6.07, 6.45) is 0.389. The summed E-state index contributed by atoms with van der Waals surface area (Å²) in [5, 5.41) is 3.40. The Labute approximate surface area is 152 Å². The van der Waals surface area contributed by atoms with Crippen LogP contribution in [0.15, 0.2) is 48.5 Å². The van der Waals surface area contributed by atoms with Gasteiger partial charge in [0.15, 0.2) is 0 Å². The van der Waals surface area contributed by atoms with Crippen molar-refractivity contribution in [2.45, 2.75) is 13.3 Å². The van der Waals surface area contributed by atoms with Crippen molar-refractivity contribution < 1.29 is 14.3 Å². The number of nitrogens with zero attached hydrogens (tertiary/aromatic N) is 1. The lowest BCUT2D eigenvalue weighted by atomic mass is 10.1. The zero-order chi connectivity index (χ0) is 18.2. The normalized spacial score (nSPS) is 10.2. The maximum Gasteiger partial charge on any atom is 0.253 e. The predicted molar refractivity (Wildman–Crippen MR) is 99.3 cm³/mol. The molecule has 0 heterocycles. The van der Waals surface area contributed by atoms with Crippen LogP contribution in [0.1, 0.15) is 23.7 Å². The van der Waals surface area contributed by atoms with E-state index in [1.54, 1.807) is 67.4 Å².